The maximum absolute atomic E-state index is 5.90. The van der Waals surface area contributed by atoms with Crippen LogP contribution in [0.25, 0.3) is 0 Å². The van der Waals surface area contributed by atoms with Gasteiger partial charge in [-0.3, -0.25) is 0 Å². The third-order valence-corrected chi connectivity index (χ3v) is 2.21. The molecule has 5 heteroatoms. The van der Waals surface area contributed by atoms with Crippen molar-refractivity contribution in [1.82, 2.24) is 9.97 Å². The molecule has 0 aliphatic carbocycles. The molecular weight excluding hydrogens is 212 g/mol. The van der Waals surface area contributed by atoms with Gasteiger partial charge in [-0.1, -0.05) is 32.4 Å². The topological polar surface area (TPSA) is 63.8 Å². The Labute approximate surface area is 95.3 Å². The molecule has 3 N–H and O–H groups in total. The SMILES string of the molecule is CC(C)(C)CCNc1nc(N)ncc1Cl. The molecule has 0 unspecified atom stereocenters. The lowest BCUT2D eigenvalue weighted by Gasteiger charge is -2.18. The number of anilines is 2. The zero-order valence-corrected chi connectivity index (χ0v) is 10.1. The second-order valence-corrected chi connectivity index (χ2v) is 5.07. The lowest BCUT2D eigenvalue weighted by atomic mass is 9.92. The average molecular weight is 229 g/mol. The molecule has 0 radical (unpaired) electrons. The highest BCUT2D eigenvalue weighted by Crippen LogP contribution is 2.21. The Balaban J connectivity index is 2.54. The van der Waals surface area contributed by atoms with Crippen molar-refractivity contribution in [2.45, 2.75) is 27.2 Å². The van der Waals surface area contributed by atoms with Crippen LogP contribution in [-0.4, -0.2) is 16.5 Å². The summed E-state index contributed by atoms with van der Waals surface area (Å²) in [7, 11) is 0. The molecule has 1 aromatic rings. The predicted octanol–water partition coefficient (Wildman–Crippen LogP) is 2.56. The van der Waals surface area contributed by atoms with Crippen LogP contribution in [0.5, 0.6) is 0 Å². The van der Waals surface area contributed by atoms with Gasteiger partial charge in [-0.15, -0.1) is 0 Å². The summed E-state index contributed by atoms with van der Waals surface area (Å²) in [4.78, 5) is 7.81. The van der Waals surface area contributed by atoms with Crippen molar-refractivity contribution >= 4 is 23.4 Å². The van der Waals surface area contributed by atoms with Crippen molar-refractivity contribution in [2.24, 2.45) is 5.41 Å². The Morgan fingerprint density at radius 1 is 1.47 bits per heavy atom. The molecule has 0 amide bonds. The van der Waals surface area contributed by atoms with Crippen LogP contribution in [0.15, 0.2) is 6.20 Å². The van der Waals surface area contributed by atoms with E-state index in [1.54, 1.807) is 0 Å². The van der Waals surface area contributed by atoms with Gasteiger partial charge >= 0.3 is 0 Å². The second kappa shape index (κ2) is 4.66. The fourth-order valence-corrected chi connectivity index (χ4v) is 1.22. The summed E-state index contributed by atoms with van der Waals surface area (Å²) in [5.74, 6) is 0.839. The Morgan fingerprint density at radius 2 is 2.13 bits per heavy atom. The molecule has 0 spiro atoms. The molecule has 0 aromatic carbocycles. The van der Waals surface area contributed by atoms with Gasteiger partial charge in [0.25, 0.3) is 0 Å². The van der Waals surface area contributed by atoms with Crippen LogP contribution >= 0.6 is 11.6 Å². The number of hydrogen-bond acceptors (Lipinski definition) is 4. The molecule has 1 heterocycles. The highest BCUT2D eigenvalue weighted by molar-refractivity contribution is 6.32. The van der Waals surface area contributed by atoms with Crippen molar-refractivity contribution in [3.63, 3.8) is 0 Å². The molecule has 0 bridgehead atoms. The third-order valence-electron chi connectivity index (χ3n) is 1.93. The number of nitrogen functional groups attached to an aromatic ring is 1. The van der Waals surface area contributed by atoms with Crippen LogP contribution in [0.3, 0.4) is 0 Å². The van der Waals surface area contributed by atoms with Gasteiger partial charge < -0.3 is 11.1 Å². The summed E-state index contributed by atoms with van der Waals surface area (Å²) in [5, 5.41) is 3.65. The monoisotopic (exact) mass is 228 g/mol. The highest BCUT2D eigenvalue weighted by Gasteiger charge is 2.10. The first-order valence-electron chi connectivity index (χ1n) is 4.90. The summed E-state index contributed by atoms with van der Waals surface area (Å²) in [6.07, 6.45) is 2.54. The summed E-state index contributed by atoms with van der Waals surface area (Å²) in [6.45, 7) is 7.37. The minimum absolute atomic E-state index is 0.234. The van der Waals surface area contributed by atoms with Crippen LogP contribution in [-0.2, 0) is 0 Å². The van der Waals surface area contributed by atoms with Gasteiger partial charge in [0.1, 0.15) is 10.8 Å². The Kier molecular flexibility index (Phi) is 3.74. The average Bonchev–Trinajstić information content (AvgIpc) is 2.09. The lowest BCUT2D eigenvalue weighted by Crippen LogP contribution is -2.14. The molecule has 0 fully saturated rings. The van der Waals surface area contributed by atoms with E-state index in [1.165, 1.54) is 6.20 Å². The van der Waals surface area contributed by atoms with E-state index in [9.17, 15) is 0 Å². The van der Waals surface area contributed by atoms with Gasteiger partial charge in [-0.25, -0.2) is 4.98 Å². The quantitative estimate of drug-likeness (QED) is 0.835. The van der Waals surface area contributed by atoms with E-state index < -0.39 is 0 Å². The summed E-state index contributed by atoms with van der Waals surface area (Å²) < 4.78 is 0. The van der Waals surface area contributed by atoms with Gasteiger partial charge in [0, 0.05) is 6.54 Å². The minimum atomic E-state index is 0.234. The maximum Gasteiger partial charge on any atom is 0.222 e. The molecule has 0 aliphatic heterocycles. The van der Waals surface area contributed by atoms with Gasteiger partial charge in [-0.05, 0) is 11.8 Å². The third kappa shape index (κ3) is 4.34. The first kappa shape index (κ1) is 12.0. The number of nitrogens with one attached hydrogen (secondary N) is 1. The fraction of sp³-hybridized carbons (Fsp3) is 0.600. The zero-order chi connectivity index (χ0) is 11.5. The maximum atomic E-state index is 5.90. The molecule has 84 valence electrons. The van der Waals surface area contributed by atoms with Crippen molar-refractivity contribution in [2.75, 3.05) is 17.6 Å². The number of nitrogens with two attached hydrogens (primary N) is 1. The summed E-state index contributed by atoms with van der Waals surface area (Å²) >= 11 is 5.90. The molecular formula is C10H17ClN4. The van der Waals surface area contributed by atoms with E-state index in [4.69, 9.17) is 17.3 Å². The van der Waals surface area contributed by atoms with Gasteiger partial charge in [0.05, 0.1) is 6.20 Å². The highest BCUT2D eigenvalue weighted by atomic mass is 35.5. The molecule has 0 aliphatic rings. The van der Waals surface area contributed by atoms with Crippen molar-refractivity contribution in [3.05, 3.63) is 11.2 Å². The Morgan fingerprint density at radius 3 is 2.73 bits per heavy atom. The predicted molar refractivity (Wildman–Crippen MR) is 64.0 cm³/mol. The number of halogens is 1. The van der Waals surface area contributed by atoms with Crippen LogP contribution in [0.4, 0.5) is 11.8 Å². The molecule has 0 saturated heterocycles. The first-order chi connectivity index (χ1) is 6.88. The molecule has 4 nitrogen and oxygen atoms in total. The van der Waals surface area contributed by atoms with E-state index in [0.717, 1.165) is 13.0 Å². The van der Waals surface area contributed by atoms with Gasteiger partial charge in [-0.2, -0.15) is 4.98 Å². The van der Waals surface area contributed by atoms with E-state index in [1.807, 2.05) is 0 Å². The molecule has 1 aromatic heterocycles. The number of aromatic nitrogens is 2. The molecule has 1 rings (SSSR count). The normalized spacial score (nSPS) is 11.5. The summed E-state index contributed by atoms with van der Waals surface area (Å²) in [5.41, 5.74) is 5.75. The first-order valence-corrected chi connectivity index (χ1v) is 5.28. The lowest BCUT2D eigenvalue weighted by molar-refractivity contribution is 0.389. The van der Waals surface area contributed by atoms with E-state index in [0.29, 0.717) is 10.8 Å². The van der Waals surface area contributed by atoms with Crippen molar-refractivity contribution in [1.29, 1.82) is 0 Å². The standard InChI is InChI=1S/C10H17ClN4/c1-10(2,3)4-5-13-8-7(11)6-14-9(12)15-8/h6H,4-5H2,1-3H3,(H3,12,13,14,15). The largest absolute Gasteiger partial charge is 0.369 e. The van der Waals surface area contributed by atoms with Crippen molar-refractivity contribution < 1.29 is 0 Å². The minimum Gasteiger partial charge on any atom is -0.369 e. The van der Waals surface area contributed by atoms with E-state index >= 15 is 0 Å². The molecule has 0 saturated carbocycles. The van der Waals surface area contributed by atoms with E-state index in [2.05, 4.69) is 36.1 Å². The van der Waals surface area contributed by atoms with Crippen molar-refractivity contribution in [3.8, 4) is 0 Å². The molecule has 0 atom stereocenters. The fourth-order valence-electron chi connectivity index (χ4n) is 1.06. The zero-order valence-electron chi connectivity index (χ0n) is 9.34. The van der Waals surface area contributed by atoms with Gasteiger partial charge in [0.15, 0.2) is 0 Å². The number of rotatable bonds is 3. The van der Waals surface area contributed by atoms with Crippen LogP contribution < -0.4 is 11.1 Å². The van der Waals surface area contributed by atoms with Crippen LogP contribution in [0.1, 0.15) is 27.2 Å². The van der Waals surface area contributed by atoms with Gasteiger partial charge in [0.2, 0.25) is 5.95 Å². The van der Waals surface area contributed by atoms with Crippen LogP contribution in [0.2, 0.25) is 5.02 Å². The molecule has 15 heavy (non-hydrogen) atoms. The number of nitrogens with zero attached hydrogens (tertiary/aromatic N) is 2. The Hall–Kier alpha value is -1.03. The van der Waals surface area contributed by atoms with Crippen LogP contribution in [0, 0.1) is 5.41 Å². The smallest absolute Gasteiger partial charge is 0.222 e. The second-order valence-electron chi connectivity index (χ2n) is 4.66. The van der Waals surface area contributed by atoms with E-state index in [-0.39, 0.29) is 11.4 Å². The summed E-state index contributed by atoms with van der Waals surface area (Å²) in [6, 6.07) is 0. The number of hydrogen-bond donors (Lipinski definition) is 2. The Bertz CT molecular complexity index is 333.